The summed E-state index contributed by atoms with van der Waals surface area (Å²) in [5, 5.41) is 5.06. The number of carbonyl (C=O) groups excluding carboxylic acids is 1. The van der Waals surface area contributed by atoms with Gasteiger partial charge in [0, 0.05) is 53.3 Å². The molecule has 5 rings (SSSR count). The van der Waals surface area contributed by atoms with Crippen molar-refractivity contribution in [1.82, 2.24) is 20.0 Å². The molecule has 2 aromatic carbocycles. The Morgan fingerprint density at radius 3 is 2.47 bits per heavy atom. The molecule has 3 heterocycles. The fourth-order valence-corrected chi connectivity index (χ4v) is 4.70. The van der Waals surface area contributed by atoms with Crippen molar-refractivity contribution in [3.63, 3.8) is 0 Å². The topological polar surface area (TPSA) is 81.4 Å². The van der Waals surface area contributed by atoms with E-state index >= 15 is 0 Å². The molecule has 7 nitrogen and oxygen atoms in total. The van der Waals surface area contributed by atoms with Crippen LogP contribution in [-0.2, 0) is 0 Å². The normalized spacial score (nSPS) is 17.7. The van der Waals surface area contributed by atoms with Crippen LogP contribution in [0.5, 0.6) is 5.88 Å². The molecule has 1 aliphatic rings. The molecule has 1 saturated heterocycles. The number of halogens is 2. The van der Waals surface area contributed by atoms with Gasteiger partial charge in [0.15, 0.2) is 5.82 Å². The first-order chi connectivity index (χ1) is 17.5. The number of hydrogen-bond acceptors (Lipinski definition) is 6. The van der Waals surface area contributed by atoms with Gasteiger partial charge in [-0.15, -0.1) is 0 Å². The van der Waals surface area contributed by atoms with Crippen molar-refractivity contribution in [2.45, 2.75) is 19.3 Å². The molecule has 9 heteroatoms. The summed E-state index contributed by atoms with van der Waals surface area (Å²) in [4.78, 5) is 23.8. The highest BCUT2D eigenvalue weighted by Gasteiger charge is 2.33. The number of piperidine rings is 1. The van der Waals surface area contributed by atoms with Crippen molar-refractivity contribution in [3.05, 3.63) is 93.9 Å². The van der Waals surface area contributed by atoms with E-state index in [1.165, 1.54) is 0 Å². The van der Waals surface area contributed by atoms with Gasteiger partial charge in [-0.25, -0.2) is 4.98 Å². The summed E-state index contributed by atoms with van der Waals surface area (Å²) in [5.41, 5.74) is 2.51. The van der Waals surface area contributed by atoms with Crippen LogP contribution in [0.25, 0.3) is 11.5 Å². The van der Waals surface area contributed by atoms with Crippen molar-refractivity contribution in [1.29, 1.82) is 0 Å². The zero-order valence-electron chi connectivity index (χ0n) is 19.6. The molecule has 0 aliphatic carbocycles. The Hall–Kier alpha value is -3.42. The molecule has 0 spiro atoms. The summed E-state index contributed by atoms with van der Waals surface area (Å²) in [5.74, 6) is 1.82. The predicted octanol–water partition coefficient (Wildman–Crippen LogP) is 6.07. The summed E-state index contributed by atoms with van der Waals surface area (Å²) in [7, 11) is 0. The Morgan fingerprint density at radius 2 is 1.81 bits per heavy atom. The van der Waals surface area contributed by atoms with Gasteiger partial charge in [-0.1, -0.05) is 40.5 Å². The number of hydrogen-bond donors (Lipinski definition) is 0. The first-order valence-electron chi connectivity index (χ1n) is 11.7. The predicted molar refractivity (Wildman–Crippen MR) is 137 cm³/mol. The number of ether oxygens (including phenoxy) is 1. The van der Waals surface area contributed by atoms with E-state index in [1.807, 2.05) is 41.3 Å². The van der Waals surface area contributed by atoms with Crippen LogP contribution in [0.4, 0.5) is 0 Å². The number of likely N-dealkylation sites (tertiary alicyclic amines) is 1. The van der Waals surface area contributed by atoms with E-state index in [-0.39, 0.29) is 17.7 Å². The summed E-state index contributed by atoms with van der Waals surface area (Å²) in [6.45, 7) is 3.47. The Kier molecular flexibility index (Phi) is 7.20. The van der Waals surface area contributed by atoms with Gasteiger partial charge in [-0.3, -0.25) is 4.79 Å². The van der Waals surface area contributed by atoms with Crippen LogP contribution in [0, 0.1) is 12.8 Å². The standard InChI is InChI=1S/C27H24Cl2N4O3/c1-17-31-26(36-32-17)19-2-4-20(5-3-19)27(34)33-13-12-21(16-35-25-11-10-23(29)14-30-25)24(15-33)18-6-8-22(28)9-7-18/h2-11,14,21,24H,12-13,15-16H2,1H3. The minimum atomic E-state index is -0.0130. The maximum atomic E-state index is 13.4. The van der Waals surface area contributed by atoms with Crippen LogP contribution in [0.2, 0.25) is 10.0 Å². The fraction of sp³-hybridized carbons (Fsp3) is 0.259. The zero-order chi connectivity index (χ0) is 25.1. The summed E-state index contributed by atoms with van der Waals surface area (Å²) < 4.78 is 11.2. The van der Waals surface area contributed by atoms with E-state index in [1.54, 1.807) is 37.4 Å². The lowest BCUT2D eigenvalue weighted by Crippen LogP contribution is -2.44. The Balaban J connectivity index is 1.31. The van der Waals surface area contributed by atoms with Crippen LogP contribution >= 0.6 is 23.2 Å². The smallest absolute Gasteiger partial charge is 0.257 e. The number of aryl methyl sites for hydroxylation is 1. The van der Waals surface area contributed by atoms with Gasteiger partial charge in [0.2, 0.25) is 5.88 Å². The number of benzene rings is 2. The summed E-state index contributed by atoms with van der Waals surface area (Å²) in [6, 6.07) is 18.6. The van der Waals surface area contributed by atoms with E-state index in [0.29, 0.717) is 52.9 Å². The van der Waals surface area contributed by atoms with Gasteiger partial charge < -0.3 is 14.2 Å². The summed E-state index contributed by atoms with van der Waals surface area (Å²) in [6.07, 6.45) is 2.37. The van der Waals surface area contributed by atoms with E-state index in [9.17, 15) is 4.79 Å². The third-order valence-corrected chi connectivity index (χ3v) is 6.87. The first-order valence-corrected chi connectivity index (χ1v) is 12.4. The van der Waals surface area contributed by atoms with Gasteiger partial charge in [0.1, 0.15) is 0 Å². The number of rotatable bonds is 6. The van der Waals surface area contributed by atoms with Gasteiger partial charge in [0.25, 0.3) is 11.8 Å². The van der Waals surface area contributed by atoms with E-state index in [2.05, 4.69) is 15.1 Å². The average Bonchev–Trinajstić information content (AvgIpc) is 3.35. The van der Waals surface area contributed by atoms with Crippen molar-refractivity contribution >= 4 is 29.1 Å². The van der Waals surface area contributed by atoms with Crippen LogP contribution < -0.4 is 4.74 Å². The van der Waals surface area contributed by atoms with Gasteiger partial charge in [-0.2, -0.15) is 4.98 Å². The number of pyridine rings is 1. The lowest BCUT2D eigenvalue weighted by atomic mass is 9.81. The highest BCUT2D eigenvalue weighted by atomic mass is 35.5. The molecule has 0 radical (unpaired) electrons. The molecule has 1 amide bonds. The molecule has 2 unspecified atom stereocenters. The first kappa shape index (κ1) is 24.3. The van der Waals surface area contributed by atoms with Crippen LogP contribution in [0.1, 0.15) is 34.1 Å². The molecule has 0 N–H and O–H groups in total. The monoisotopic (exact) mass is 522 g/mol. The largest absolute Gasteiger partial charge is 0.477 e. The molecule has 36 heavy (non-hydrogen) atoms. The Labute approximate surface area is 219 Å². The fourth-order valence-electron chi connectivity index (χ4n) is 4.46. The molecule has 4 aromatic rings. The lowest BCUT2D eigenvalue weighted by molar-refractivity contribution is 0.0615. The molecular weight excluding hydrogens is 499 g/mol. The minimum Gasteiger partial charge on any atom is -0.477 e. The van der Waals surface area contributed by atoms with E-state index < -0.39 is 0 Å². The number of nitrogens with zero attached hydrogens (tertiary/aromatic N) is 4. The van der Waals surface area contributed by atoms with Crippen molar-refractivity contribution in [2.75, 3.05) is 19.7 Å². The molecule has 184 valence electrons. The van der Waals surface area contributed by atoms with E-state index in [0.717, 1.165) is 17.5 Å². The molecule has 0 saturated carbocycles. The number of aromatic nitrogens is 3. The summed E-state index contributed by atoms with van der Waals surface area (Å²) >= 11 is 12.1. The Bertz CT molecular complexity index is 1320. The Morgan fingerprint density at radius 1 is 1.06 bits per heavy atom. The molecule has 1 aliphatic heterocycles. The molecule has 2 aromatic heterocycles. The zero-order valence-corrected chi connectivity index (χ0v) is 21.1. The highest BCUT2D eigenvalue weighted by Crippen LogP contribution is 2.34. The second-order valence-electron chi connectivity index (χ2n) is 8.81. The van der Waals surface area contributed by atoms with Crippen molar-refractivity contribution < 1.29 is 14.1 Å². The quantitative estimate of drug-likeness (QED) is 0.305. The van der Waals surface area contributed by atoms with Gasteiger partial charge in [0.05, 0.1) is 11.6 Å². The highest BCUT2D eigenvalue weighted by molar-refractivity contribution is 6.30. The second kappa shape index (κ2) is 10.7. The van der Waals surface area contributed by atoms with Crippen LogP contribution in [0.3, 0.4) is 0 Å². The van der Waals surface area contributed by atoms with Crippen LogP contribution in [0.15, 0.2) is 71.4 Å². The molecule has 1 fully saturated rings. The van der Waals surface area contributed by atoms with Crippen molar-refractivity contribution in [2.24, 2.45) is 5.92 Å². The number of carbonyl (C=O) groups is 1. The van der Waals surface area contributed by atoms with Crippen molar-refractivity contribution in [3.8, 4) is 17.3 Å². The van der Waals surface area contributed by atoms with Crippen LogP contribution in [-0.4, -0.2) is 45.6 Å². The third-order valence-electron chi connectivity index (χ3n) is 6.39. The molecule has 2 atom stereocenters. The third kappa shape index (κ3) is 5.53. The van der Waals surface area contributed by atoms with Gasteiger partial charge in [-0.05, 0) is 61.4 Å². The maximum Gasteiger partial charge on any atom is 0.257 e. The second-order valence-corrected chi connectivity index (χ2v) is 9.68. The SMILES string of the molecule is Cc1noc(-c2ccc(C(=O)N3CCC(COc4ccc(Cl)cn4)C(c4ccc(Cl)cc4)C3)cc2)n1. The number of amides is 1. The molecule has 0 bridgehead atoms. The maximum absolute atomic E-state index is 13.4. The average molecular weight is 523 g/mol. The lowest BCUT2D eigenvalue weighted by Gasteiger charge is -2.39. The minimum absolute atomic E-state index is 0.0130. The van der Waals surface area contributed by atoms with Gasteiger partial charge >= 0.3 is 0 Å². The van der Waals surface area contributed by atoms with E-state index in [4.69, 9.17) is 32.5 Å². The molecular formula is C27H24Cl2N4O3.